The van der Waals surface area contributed by atoms with E-state index in [1.54, 1.807) is 0 Å². The molecule has 0 fully saturated rings. The van der Waals surface area contributed by atoms with Crippen LogP contribution in [0.25, 0.3) is 11.3 Å². The lowest BCUT2D eigenvalue weighted by Gasteiger charge is -2.21. The Morgan fingerprint density at radius 1 is 1.00 bits per heavy atom. The molecule has 1 amide bonds. The Morgan fingerprint density at radius 3 is 2.58 bits per heavy atom. The molecule has 0 spiro atoms. The average Bonchev–Trinajstić information content (AvgIpc) is 2.83. The number of amides is 1. The topological polar surface area (TPSA) is 42.4 Å². The largest absolute Gasteiger partial charge is 0.482 e. The van der Waals surface area contributed by atoms with E-state index >= 15 is 0 Å². The first-order valence-electron chi connectivity index (χ1n) is 8.71. The zero-order valence-electron chi connectivity index (χ0n) is 14.7. The van der Waals surface area contributed by atoms with Gasteiger partial charge in [0.2, 0.25) is 0 Å². The summed E-state index contributed by atoms with van der Waals surface area (Å²) >= 11 is 0. The first-order chi connectivity index (χ1) is 12.7. The third kappa shape index (κ3) is 3.31. The second kappa shape index (κ2) is 7.00. The number of fused-ring (bicyclic) bond motifs is 1. The Hall–Kier alpha value is -3.14. The van der Waals surface area contributed by atoms with Crippen LogP contribution in [-0.4, -0.2) is 22.4 Å². The van der Waals surface area contributed by atoms with Crippen molar-refractivity contribution in [3.8, 4) is 17.0 Å². The van der Waals surface area contributed by atoms with E-state index in [4.69, 9.17) is 9.72 Å². The summed E-state index contributed by atoms with van der Waals surface area (Å²) < 4.78 is 5.70. The monoisotopic (exact) mass is 344 g/mol. The van der Waals surface area contributed by atoms with Gasteiger partial charge in [0, 0.05) is 12.1 Å². The second-order valence-corrected chi connectivity index (χ2v) is 6.47. The summed E-state index contributed by atoms with van der Waals surface area (Å²) in [6, 6.07) is 22.0. The van der Waals surface area contributed by atoms with Gasteiger partial charge in [0.15, 0.2) is 6.61 Å². The minimum Gasteiger partial charge on any atom is -0.482 e. The van der Waals surface area contributed by atoms with Gasteiger partial charge in [-0.1, -0.05) is 54.6 Å². The third-order valence-corrected chi connectivity index (χ3v) is 4.67. The number of carbonyl (C=O) groups is 1. The summed E-state index contributed by atoms with van der Waals surface area (Å²) in [5.74, 6) is 0.665. The average molecular weight is 344 g/mol. The maximum Gasteiger partial charge on any atom is 0.261 e. The van der Waals surface area contributed by atoms with Crippen molar-refractivity contribution in [1.82, 2.24) is 9.88 Å². The molecule has 0 atom stereocenters. The summed E-state index contributed by atoms with van der Waals surface area (Å²) in [4.78, 5) is 19.1. The van der Waals surface area contributed by atoms with Crippen LogP contribution >= 0.6 is 0 Å². The van der Waals surface area contributed by atoms with E-state index in [0.29, 0.717) is 18.8 Å². The van der Waals surface area contributed by atoms with Crippen molar-refractivity contribution in [2.24, 2.45) is 0 Å². The van der Waals surface area contributed by atoms with Gasteiger partial charge in [-0.3, -0.25) is 4.79 Å². The molecule has 4 nitrogen and oxygen atoms in total. The number of pyridine rings is 1. The molecular formula is C22H20N2O2. The van der Waals surface area contributed by atoms with E-state index in [9.17, 15) is 4.79 Å². The predicted octanol–water partition coefficient (Wildman–Crippen LogP) is 3.98. The molecule has 0 saturated carbocycles. The van der Waals surface area contributed by atoms with E-state index in [-0.39, 0.29) is 12.5 Å². The molecule has 0 aliphatic carbocycles. The fourth-order valence-electron chi connectivity index (χ4n) is 3.14. The number of rotatable bonds is 3. The molecule has 4 heteroatoms. The van der Waals surface area contributed by atoms with Gasteiger partial charge >= 0.3 is 0 Å². The number of carbonyl (C=O) groups excluding carboxylic acids is 1. The SMILES string of the molecule is Cc1ccccc1CN1Cc2nc(-c3ccccc3)ccc2OCC1=O. The molecule has 0 unspecified atom stereocenters. The van der Waals surface area contributed by atoms with Gasteiger partial charge in [0.1, 0.15) is 11.4 Å². The highest BCUT2D eigenvalue weighted by Crippen LogP contribution is 2.27. The van der Waals surface area contributed by atoms with Crippen LogP contribution in [0, 0.1) is 6.92 Å². The van der Waals surface area contributed by atoms with Crippen LogP contribution in [0.2, 0.25) is 0 Å². The van der Waals surface area contributed by atoms with Gasteiger partial charge in [-0.2, -0.15) is 0 Å². The van der Waals surface area contributed by atoms with Crippen LogP contribution < -0.4 is 4.74 Å². The Morgan fingerprint density at radius 2 is 1.77 bits per heavy atom. The van der Waals surface area contributed by atoms with Gasteiger partial charge in [0.05, 0.1) is 12.2 Å². The first kappa shape index (κ1) is 16.3. The Labute approximate surface area is 153 Å². The molecule has 3 aromatic rings. The summed E-state index contributed by atoms with van der Waals surface area (Å²) in [6.45, 7) is 3.12. The number of aromatic nitrogens is 1. The Kier molecular flexibility index (Phi) is 4.40. The minimum absolute atomic E-state index is 0.0208. The van der Waals surface area contributed by atoms with Gasteiger partial charge in [-0.05, 0) is 30.2 Å². The van der Waals surface area contributed by atoms with Crippen molar-refractivity contribution in [3.05, 3.63) is 83.6 Å². The summed E-state index contributed by atoms with van der Waals surface area (Å²) in [5.41, 5.74) is 5.06. The van der Waals surface area contributed by atoms with E-state index in [2.05, 4.69) is 19.1 Å². The number of hydrogen-bond acceptors (Lipinski definition) is 3. The predicted molar refractivity (Wildman–Crippen MR) is 101 cm³/mol. The normalized spacial score (nSPS) is 13.7. The Balaban J connectivity index is 1.65. The van der Waals surface area contributed by atoms with Crippen LogP contribution in [0.4, 0.5) is 0 Å². The fraction of sp³-hybridized carbons (Fsp3) is 0.182. The van der Waals surface area contributed by atoms with Crippen LogP contribution in [0.15, 0.2) is 66.7 Å². The molecule has 1 aliphatic heterocycles. The lowest BCUT2D eigenvalue weighted by atomic mass is 10.1. The van der Waals surface area contributed by atoms with Gasteiger partial charge in [-0.15, -0.1) is 0 Å². The fourth-order valence-corrected chi connectivity index (χ4v) is 3.14. The molecule has 0 bridgehead atoms. The van der Waals surface area contributed by atoms with Crippen LogP contribution in [0.5, 0.6) is 5.75 Å². The van der Waals surface area contributed by atoms with Crippen LogP contribution in [0.3, 0.4) is 0 Å². The van der Waals surface area contributed by atoms with Gasteiger partial charge < -0.3 is 9.64 Å². The second-order valence-electron chi connectivity index (χ2n) is 6.47. The van der Waals surface area contributed by atoms with Crippen LogP contribution in [0.1, 0.15) is 16.8 Å². The van der Waals surface area contributed by atoms with Gasteiger partial charge in [0.25, 0.3) is 5.91 Å². The van der Waals surface area contributed by atoms with Crippen LogP contribution in [-0.2, 0) is 17.9 Å². The zero-order valence-corrected chi connectivity index (χ0v) is 14.7. The van der Waals surface area contributed by atoms with Gasteiger partial charge in [-0.25, -0.2) is 4.98 Å². The van der Waals surface area contributed by atoms with E-state index in [0.717, 1.165) is 22.5 Å². The highest BCUT2D eigenvalue weighted by Gasteiger charge is 2.23. The quantitative estimate of drug-likeness (QED) is 0.722. The summed E-state index contributed by atoms with van der Waals surface area (Å²) in [6.07, 6.45) is 0. The highest BCUT2D eigenvalue weighted by molar-refractivity contribution is 5.78. The van der Waals surface area contributed by atoms with Crippen molar-refractivity contribution in [1.29, 1.82) is 0 Å². The molecule has 130 valence electrons. The van der Waals surface area contributed by atoms with Crippen molar-refractivity contribution < 1.29 is 9.53 Å². The first-order valence-corrected chi connectivity index (χ1v) is 8.71. The smallest absolute Gasteiger partial charge is 0.261 e. The lowest BCUT2D eigenvalue weighted by molar-refractivity contribution is -0.133. The molecule has 2 aromatic carbocycles. The van der Waals surface area contributed by atoms with Crippen molar-refractivity contribution >= 4 is 5.91 Å². The maximum atomic E-state index is 12.5. The molecule has 2 heterocycles. The number of aryl methyl sites for hydroxylation is 1. The molecule has 0 radical (unpaired) electrons. The van der Waals surface area contributed by atoms with E-state index in [1.165, 1.54) is 5.56 Å². The molecule has 0 N–H and O–H groups in total. The molecular weight excluding hydrogens is 324 g/mol. The maximum absolute atomic E-state index is 12.5. The summed E-state index contributed by atoms with van der Waals surface area (Å²) in [5, 5.41) is 0. The van der Waals surface area contributed by atoms with Crippen molar-refractivity contribution in [2.75, 3.05) is 6.61 Å². The molecule has 4 rings (SSSR count). The molecule has 0 saturated heterocycles. The number of ether oxygens (including phenoxy) is 1. The Bertz CT molecular complexity index is 938. The molecule has 1 aliphatic rings. The lowest BCUT2D eigenvalue weighted by Crippen LogP contribution is -2.32. The minimum atomic E-state index is -0.0208. The van der Waals surface area contributed by atoms with E-state index < -0.39 is 0 Å². The number of nitrogens with zero attached hydrogens (tertiary/aromatic N) is 2. The highest BCUT2D eigenvalue weighted by atomic mass is 16.5. The summed E-state index contributed by atoms with van der Waals surface area (Å²) in [7, 11) is 0. The third-order valence-electron chi connectivity index (χ3n) is 4.67. The van der Waals surface area contributed by atoms with Crippen molar-refractivity contribution in [3.63, 3.8) is 0 Å². The molecule has 26 heavy (non-hydrogen) atoms. The van der Waals surface area contributed by atoms with Crippen molar-refractivity contribution in [2.45, 2.75) is 20.0 Å². The number of hydrogen-bond donors (Lipinski definition) is 0. The zero-order chi connectivity index (χ0) is 17.9. The standard InChI is InChI=1S/C22H20N2O2/c1-16-7-5-6-10-18(16)13-24-14-20-21(26-15-22(24)25)12-11-19(23-20)17-8-3-2-4-9-17/h2-12H,13-15H2,1H3. The number of benzene rings is 2. The van der Waals surface area contributed by atoms with E-state index in [1.807, 2.05) is 59.5 Å². The molecule has 1 aromatic heterocycles.